The molecule has 108 valence electrons. The smallest absolute Gasteiger partial charge is 0.302 e. The van der Waals surface area contributed by atoms with Crippen LogP contribution >= 0.6 is 22.9 Å². The van der Waals surface area contributed by atoms with E-state index in [9.17, 15) is 8.42 Å². The van der Waals surface area contributed by atoms with Gasteiger partial charge in [-0.3, -0.25) is 0 Å². The Balaban J connectivity index is 2.42. The molecule has 0 fully saturated rings. The van der Waals surface area contributed by atoms with E-state index in [2.05, 4.69) is 15.3 Å². The highest BCUT2D eigenvalue weighted by Gasteiger charge is 2.25. The van der Waals surface area contributed by atoms with Crippen molar-refractivity contribution >= 4 is 44.3 Å². The van der Waals surface area contributed by atoms with E-state index in [-0.39, 0.29) is 5.28 Å². The Morgan fingerprint density at radius 3 is 2.80 bits per heavy atom. The van der Waals surface area contributed by atoms with Crippen LogP contribution in [0.4, 0.5) is 11.5 Å². The second kappa shape index (κ2) is 6.12. The lowest BCUT2D eigenvalue weighted by atomic mass is 10.5. The van der Waals surface area contributed by atoms with Crippen LogP contribution in [0.1, 0.15) is 13.8 Å². The summed E-state index contributed by atoms with van der Waals surface area (Å²) in [6.07, 6.45) is 1.59. The van der Waals surface area contributed by atoms with Crippen LogP contribution < -0.4 is 27.9 Å². The number of rotatable bonds is 4. The summed E-state index contributed by atoms with van der Waals surface area (Å²) in [4.78, 5) is 7.94. The van der Waals surface area contributed by atoms with Crippen LogP contribution in [0.2, 0.25) is 5.28 Å². The second-order valence-electron chi connectivity index (χ2n) is 4.19. The van der Waals surface area contributed by atoms with Gasteiger partial charge in [0.1, 0.15) is 4.21 Å². The normalized spacial score (nSPS) is 11.8. The van der Waals surface area contributed by atoms with Gasteiger partial charge < -0.3 is 5.32 Å². The zero-order valence-corrected chi connectivity index (χ0v) is 15.3. The molecule has 2 aromatic rings. The lowest BCUT2D eigenvalue weighted by Gasteiger charge is -2.09. The van der Waals surface area contributed by atoms with Crippen molar-refractivity contribution in [1.82, 2.24) is 9.97 Å². The molecular weight excluding hydrogens is 433 g/mol. The van der Waals surface area contributed by atoms with Crippen molar-refractivity contribution in [2.45, 2.75) is 23.3 Å². The standard InChI is InChI=1S/C11H12ClIN3O2S2/c1-6(2)20(17,18)10-8(3-4-19-10)15-9-7(13)5-14-11(12)16-9/h3-6,13H,1-2H3,(H,14,15,16)/q+1. The highest BCUT2D eigenvalue weighted by molar-refractivity contribution is 7.94. The molecule has 0 aliphatic carbocycles. The first-order chi connectivity index (χ1) is 9.32. The minimum atomic E-state index is -3.33. The highest BCUT2D eigenvalue weighted by Crippen LogP contribution is 2.32. The molecule has 2 aromatic heterocycles. The van der Waals surface area contributed by atoms with Gasteiger partial charge in [-0.2, -0.15) is 4.98 Å². The topological polar surface area (TPSA) is 72.0 Å². The van der Waals surface area contributed by atoms with Gasteiger partial charge in [0.25, 0.3) is 0 Å². The largest absolute Gasteiger partial charge is 0.335 e. The molecule has 0 spiro atoms. The third-order valence-electron chi connectivity index (χ3n) is 2.49. The fraction of sp³-hybridized carbons (Fsp3) is 0.273. The summed E-state index contributed by atoms with van der Waals surface area (Å²) >= 11 is 8.69. The molecule has 0 saturated heterocycles. The van der Waals surface area contributed by atoms with Crippen molar-refractivity contribution in [1.29, 1.82) is 0 Å². The van der Waals surface area contributed by atoms with Crippen LogP contribution in [0.25, 0.3) is 0 Å². The van der Waals surface area contributed by atoms with Crippen molar-refractivity contribution < 1.29 is 31.0 Å². The molecule has 1 N–H and O–H groups in total. The summed E-state index contributed by atoms with van der Waals surface area (Å²) in [6.45, 7) is 3.32. The van der Waals surface area contributed by atoms with Crippen molar-refractivity contribution in [3.8, 4) is 0 Å². The lowest BCUT2D eigenvalue weighted by Crippen LogP contribution is -3.34. The molecule has 9 heteroatoms. The number of aromatic nitrogens is 2. The van der Waals surface area contributed by atoms with Gasteiger partial charge in [0.2, 0.25) is 8.85 Å². The minimum Gasteiger partial charge on any atom is -0.335 e. The average Bonchev–Trinajstić information content (AvgIpc) is 2.82. The van der Waals surface area contributed by atoms with Crippen molar-refractivity contribution in [2.24, 2.45) is 0 Å². The maximum absolute atomic E-state index is 12.3. The minimum absolute atomic E-state index is 0.114. The van der Waals surface area contributed by atoms with Gasteiger partial charge in [-0.1, -0.05) is 0 Å². The van der Waals surface area contributed by atoms with E-state index in [0.717, 1.165) is 3.57 Å². The van der Waals surface area contributed by atoms with Crippen LogP contribution in [0.3, 0.4) is 0 Å². The van der Waals surface area contributed by atoms with Gasteiger partial charge in [-0.05, 0) is 36.9 Å². The quantitative estimate of drug-likeness (QED) is 0.512. The molecule has 0 amide bonds. The van der Waals surface area contributed by atoms with E-state index in [1.807, 2.05) is 0 Å². The van der Waals surface area contributed by atoms with Gasteiger partial charge in [0.05, 0.1) is 17.1 Å². The number of hydrogen-bond acceptors (Lipinski definition) is 6. The average molecular weight is 445 g/mol. The second-order valence-corrected chi connectivity index (χ2v) is 9.40. The van der Waals surface area contributed by atoms with Gasteiger partial charge in [0.15, 0.2) is 15.7 Å². The maximum Gasteiger partial charge on any atom is 0.302 e. The predicted octanol–water partition coefficient (Wildman–Crippen LogP) is -0.428. The summed E-state index contributed by atoms with van der Waals surface area (Å²) in [5.41, 5.74) is 0.517. The number of anilines is 2. The Labute approximate surface area is 139 Å². The van der Waals surface area contributed by atoms with E-state index < -0.39 is 15.1 Å². The summed E-state index contributed by atoms with van der Waals surface area (Å²) in [6, 6.07) is 1.72. The van der Waals surface area contributed by atoms with Gasteiger partial charge in [-0.15, -0.1) is 11.3 Å². The SMILES string of the molecule is CC(C)S(=O)(=O)c1sccc1Nc1nc(Cl)ncc1[IH+]. The third kappa shape index (κ3) is 3.23. The summed E-state index contributed by atoms with van der Waals surface area (Å²) < 4.78 is 25.6. The maximum atomic E-state index is 12.3. The lowest BCUT2D eigenvalue weighted by molar-refractivity contribution is -0.327. The van der Waals surface area contributed by atoms with Crippen molar-refractivity contribution in [2.75, 3.05) is 5.32 Å². The van der Waals surface area contributed by atoms with Crippen molar-refractivity contribution in [3.63, 3.8) is 0 Å². The first-order valence-corrected chi connectivity index (χ1v) is 9.57. The number of hydrogen-bond donors (Lipinski definition) is 1. The zero-order chi connectivity index (χ0) is 14.9. The van der Waals surface area contributed by atoms with Crippen LogP contribution in [0.5, 0.6) is 0 Å². The van der Waals surface area contributed by atoms with Crippen LogP contribution in [0, 0.1) is 3.57 Å². The Kier molecular flexibility index (Phi) is 4.88. The van der Waals surface area contributed by atoms with E-state index in [1.54, 1.807) is 54.1 Å². The van der Waals surface area contributed by atoms with Crippen molar-refractivity contribution in [3.05, 3.63) is 26.5 Å². The molecule has 0 aliphatic heterocycles. The van der Waals surface area contributed by atoms with Crippen LogP contribution in [-0.4, -0.2) is 23.6 Å². The fourth-order valence-electron chi connectivity index (χ4n) is 1.39. The molecule has 0 aromatic carbocycles. The van der Waals surface area contributed by atoms with E-state index in [1.165, 1.54) is 11.3 Å². The van der Waals surface area contributed by atoms with E-state index >= 15 is 0 Å². The Morgan fingerprint density at radius 2 is 2.15 bits per heavy atom. The number of nitrogens with zero attached hydrogens (tertiary/aromatic N) is 2. The molecule has 2 heterocycles. The van der Waals surface area contributed by atoms with E-state index in [4.69, 9.17) is 11.6 Å². The first-order valence-electron chi connectivity index (χ1n) is 5.60. The molecule has 0 saturated carbocycles. The molecule has 0 unspecified atom stereocenters. The summed E-state index contributed by atoms with van der Waals surface area (Å²) in [5.74, 6) is 0.508. The number of thiophene rings is 1. The Bertz CT molecular complexity index is 731. The number of nitrogens with one attached hydrogen (secondary N) is 1. The zero-order valence-electron chi connectivity index (χ0n) is 10.6. The van der Waals surface area contributed by atoms with Crippen LogP contribution in [-0.2, 0) is 9.84 Å². The molecular formula is C11H12ClIN3O2S2+. The predicted molar refractivity (Wildman–Crippen MR) is 77.1 cm³/mol. The van der Waals surface area contributed by atoms with Crippen LogP contribution in [0.15, 0.2) is 21.9 Å². The summed E-state index contributed by atoms with van der Waals surface area (Å²) in [5, 5.41) is 4.39. The molecule has 5 nitrogen and oxygen atoms in total. The number of sulfone groups is 1. The molecule has 0 atom stereocenters. The molecule has 20 heavy (non-hydrogen) atoms. The number of halogens is 2. The molecule has 2 rings (SSSR count). The third-order valence-corrected chi connectivity index (χ3v) is 7.19. The summed E-state index contributed by atoms with van der Waals surface area (Å²) in [7, 11) is -3.33. The van der Waals surface area contributed by atoms with E-state index in [0.29, 0.717) is 15.7 Å². The Hall–Kier alpha value is -0.450. The van der Waals surface area contributed by atoms with Gasteiger partial charge in [0, 0.05) is 0 Å². The molecule has 0 aliphatic rings. The molecule has 0 radical (unpaired) electrons. The first kappa shape index (κ1) is 15.9. The fourth-order valence-corrected chi connectivity index (χ4v) is 4.66. The van der Waals surface area contributed by atoms with Gasteiger partial charge in [-0.25, -0.2) is 13.4 Å². The highest BCUT2D eigenvalue weighted by atomic mass is 127. The van der Waals surface area contributed by atoms with Gasteiger partial charge >= 0.3 is 22.6 Å². The Morgan fingerprint density at radius 1 is 1.45 bits per heavy atom. The monoisotopic (exact) mass is 444 g/mol. The molecule has 0 bridgehead atoms.